The predicted octanol–water partition coefficient (Wildman–Crippen LogP) is 2.49. The average molecular weight is 350 g/mol. The normalized spacial score (nSPS) is 12.4. The van der Waals surface area contributed by atoms with E-state index in [4.69, 9.17) is 9.47 Å². The molecule has 0 fully saturated rings. The van der Waals surface area contributed by atoms with Crippen LogP contribution in [0.4, 0.5) is 0 Å². The number of hydrogen-bond donors (Lipinski definition) is 2. The minimum Gasteiger partial charge on any atom is -0.454 e. The van der Waals surface area contributed by atoms with E-state index in [1.807, 2.05) is 6.07 Å². The summed E-state index contributed by atoms with van der Waals surface area (Å²) in [5.74, 6) is 0.463. The van der Waals surface area contributed by atoms with Crippen molar-refractivity contribution in [3.8, 4) is 11.5 Å². The van der Waals surface area contributed by atoms with Crippen molar-refractivity contribution in [3.63, 3.8) is 0 Å². The van der Waals surface area contributed by atoms with Gasteiger partial charge in [-0.05, 0) is 35.9 Å². The number of rotatable bonds is 6. The first-order chi connectivity index (χ1) is 12.7. The summed E-state index contributed by atoms with van der Waals surface area (Å²) < 4.78 is 10.6. The lowest BCUT2D eigenvalue weighted by atomic mass is 10.1. The number of ether oxygens (including phenoxy) is 2. The molecule has 6 heteroatoms. The molecule has 1 heterocycles. The van der Waals surface area contributed by atoms with Crippen LogP contribution in [0, 0.1) is 0 Å². The van der Waals surface area contributed by atoms with Crippen LogP contribution >= 0.6 is 0 Å². The largest absolute Gasteiger partial charge is 0.454 e. The first-order valence-electron chi connectivity index (χ1n) is 8.04. The summed E-state index contributed by atoms with van der Waals surface area (Å²) in [6.45, 7) is 4.03. The zero-order valence-electron chi connectivity index (χ0n) is 14.0. The summed E-state index contributed by atoms with van der Waals surface area (Å²) in [6, 6.07) is 14.0. The molecule has 2 amide bonds. The highest BCUT2D eigenvalue weighted by Crippen LogP contribution is 2.33. The Bertz CT molecular complexity index is 859. The molecule has 132 valence electrons. The minimum atomic E-state index is -0.410. The van der Waals surface area contributed by atoms with Crippen LogP contribution in [0.15, 0.2) is 66.9 Å². The van der Waals surface area contributed by atoms with Crippen LogP contribution in [0.2, 0.25) is 0 Å². The predicted molar refractivity (Wildman–Crippen MR) is 97.7 cm³/mol. The van der Waals surface area contributed by atoms with Gasteiger partial charge in [-0.25, -0.2) is 0 Å². The first kappa shape index (κ1) is 17.3. The standard InChI is InChI=1S/C20H18N2O4/c1-2-10-21-20(24)16(22-19(23)15-6-4-3-5-7-15)11-14-8-9-17-18(12-14)26-13-25-17/h2-9,11-12H,1,10,13H2,(H,21,24)(H,22,23)/b16-11-. The van der Waals surface area contributed by atoms with Gasteiger partial charge in [0.15, 0.2) is 11.5 Å². The van der Waals surface area contributed by atoms with E-state index in [1.54, 1.807) is 54.6 Å². The van der Waals surface area contributed by atoms with Gasteiger partial charge in [-0.2, -0.15) is 0 Å². The molecule has 0 spiro atoms. The highest BCUT2D eigenvalue weighted by Gasteiger charge is 2.16. The molecule has 6 nitrogen and oxygen atoms in total. The number of nitrogens with one attached hydrogen (secondary N) is 2. The monoisotopic (exact) mass is 350 g/mol. The molecular formula is C20H18N2O4. The molecule has 3 rings (SSSR count). The van der Waals surface area contributed by atoms with Crippen molar-refractivity contribution in [2.75, 3.05) is 13.3 Å². The number of benzene rings is 2. The molecule has 2 aromatic carbocycles. The molecule has 0 bridgehead atoms. The van der Waals surface area contributed by atoms with Gasteiger partial charge in [-0.1, -0.05) is 30.3 Å². The van der Waals surface area contributed by atoms with Crippen LogP contribution < -0.4 is 20.1 Å². The molecule has 1 aliphatic rings. The Hall–Kier alpha value is -3.54. The third kappa shape index (κ3) is 4.10. The molecule has 0 saturated carbocycles. The smallest absolute Gasteiger partial charge is 0.268 e. The number of carbonyl (C=O) groups is 2. The summed E-state index contributed by atoms with van der Waals surface area (Å²) in [5, 5.41) is 5.33. The third-order valence-corrected chi connectivity index (χ3v) is 3.64. The summed E-state index contributed by atoms with van der Waals surface area (Å²) >= 11 is 0. The van der Waals surface area contributed by atoms with Crippen LogP contribution in [0.25, 0.3) is 6.08 Å². The van der Waals surface area contributed by atoms with Crippen LogP contribution in [0.1, 0.15) is 15.9 Å². The topological polar surface area (TPSA) is 76.7 Å². The van der Waals surface area contributed by atoms with Gasteiger partial charge >= 0.3 is 0 Å². The Morgan fingerprint density at radius 1 is 1.08 bits per heavy atom. The molecule has 1 aliphatic heterocycles. The Labute approximate surface area is 151 Å². The van der Waals surface area contributed by atoms with Crippen molar-refractivity contribution in [3.05, 3.63) is 78.0 Å². The zero-order chi connectivity index (χ0) is 18.4. The van der Waals surface area contributed by atoms with Gasteiger partial charge in [0.05, 0.1) is 0 Å². The van der Waals surface area contributed by atoms with Gasteiger partial charge in [-0.15, -0.1) is 6.58 Å². The van der Waals surface area contributed by atoms with Crippen molar-refractivity contribution in [2.45, 2.75) is 0 Å². The van der Waals surface area contributed by atoms with Crippen LogP contribution in [-0.2, 0) is 4.79 Å². The minimum absolute atomic E-state index is 0.125. The maximum atomic E-state index is 12.4. The summed E-state index contributed by atoms with van der Waals surface area (Å²) in [5.41, 5.74) is 1.28. The van der Waals surface area contributed by atoms with Crippen molar-refractivity contribution < 1.29 is 19.1 Å². The molecule has 0 aliphatic carbocycles. The fourth-order valence-electron chi connectivity index (χ4n) is 2.37. The Morgan fingerprint density at radius 2 is 1.85 bits per heavy atom. The van der Waals surface area contributed by atoms with E-state index in [-0.39, 0.29) is 18.4 Å². The molecule has 0 aromatic heterocycles. The second-order valence-electron chi connectivity index (χ2n) is 5.49. The molecule has 0 atom stereocenters. The van der Waals surface area contributed by atoms with Gasteiger partial charge in [0.1, 0.15) is 5.70 Å². The van der Waals surface area contributed by atoms with E-state index in [0.29, 0.717) is 29.2 Å². The number of carbonyl (C=O) groups excluding carboxylic acids is 2. The molecular weight excluding hydrogens is 332 g/mol. The molecule has 0 unspecified atom stereocenters. The second-order valence-corrected chi connectivity index (χ2v) is 5.49. The fourth-order valence-corrected chi connectivity index (χ4v) is 2.37. The van der Waals surface area contributed by atoms with Crippen LogP contribution in [0.5, 0.6) is 11.5 Å². The summed E-state index contributed by atoms with van der Waals surface area (Å²) in [7, 11) is 0. The van der Waals surface area contributed by atoms with E-state index < -0.39 is 5.91 Å². The zero-order valence-corrected chi connectivity index (χ0v) is 14.0. The molecule has 2 aromatic rings. The van der Waals surface area contributed by atoms with Gasteiger partial charge in [-0.3, -0.25) is 9.59 Å². The first-order valence-corrected chi connectivity index (χ1v) is 8.04. The maximum absolute atomic E-state index is 12.4. The van der Waals surface area contributed by atoms with Crippen LogP contribution in [0.3, 0.4) is 0 Å². The highest BCUT2D eigenvalue weighted by atomic mass is 16.7. The number of amides is 2. The quantitative estimate of drug-likeness (QED) is 0.620. The lowest BCUT2D eigenvalue weighted by Gasteiger charge is -2.10. The third-order valence-electron chi connectivity index (χ3n) is 3.64. The number of hydrogen-bond acceptors (Lipinski definition) is 4. The maximum Gasteiger partial charge on any atom is 0.268 e. The Kier molecular flexibility index (Phi) is 5.34. The van der Waals surface area contributed by atoms with E-state index in [9.17, 15) is 9.59 Å². The second kappa shape index (κ2) is 8.02. The molecule has 0 radical (unpaired) electrons. The van der Waals surface area contributed by atoms with Crippen LogP contribution in [-0.4, -0.2) is 25.2 Å². The Balaban J connectivity index is 1.86. The van der Waals surface area contributed by atoms with E-state index in [0.717, 1.165) is 0 Å². The van der Waals surface area contributed by atoms with Crippen molar-refractivity contribution in [1.29, 1.82) is 0 Å². The highest BCUT2D eigenvalue weighted by molar-refractivity contribution is 6.05. The molecule has 2 N–H and O–H groups in total. The average Bonchev–Trinajstić information content (AvgIpc) is 3.14. The van der Waals surface area contributed by atoms with Crippen molar-refractivity contribution in [2.24, 2.45) is 0 Å². The van der Waals surface area contributed by atoms with Crippen molar-refractivity contribution in [1.82, 2.24) is 10.6 Å². The lowest BCUT2D eigenvalue weighted by molar-refractivity contribution is -0.117. The van der Waals surface area contributed by atoms with Gasteiger partial charge in [0.25, 0.3) is 11.8 Å². The van der Waals surface area contributed by atoms with Crippen molar-refractivity contribution >= 4 is 17.9 Å². The van der Waals surface area contributed by atoms with E-state index >= 15 is 0 Å². The SMILES string of the molecule is C=CCNC(=O)/C(=C/c1ccc2c(c1)OCO2)NC(=O)c1ccccc1. The van der Waals surface area contributed by atoms with E-state index in [2.05, 4.69) is 17.2 Å². The summed E-state index contributed by atoms with van der Waals surface area (Å²) in [4.78, 5) is 24.8. The van der Waals surface area contributed by atoms with E-state index in [1.165, 1.54) is 0 Å². The lowest BCUT2D eigenvalue weighted by Crippen LogP contribution is -2.34. The molecule has 26 heavy (non-hydrogen) atoms. The van der Waals surface area contributed by atoms with Gasteiger partial charge < -0.3 is 20.1 Å². The Morgan fingerprint density at radius 3 is 2.62 bits per heavy atom. The molecule has 0 saturated heterocycles. The number of fused-ring (bicyclic) bond motifs is 1. The van der Waals surface area contributed by atoms with Gasteiger partial charge in [0, 0.05) is 12.1 Å². The van der Waals surface area contributed by atoms with Gasteiger partial charge in [0.2, 0.25) is 6.79 Å². The summed E-state index contributed by atoms with van der Waals surface area (Å²) in [6.07, 6.45) is 3.15. The fraction of sp³-hybridized carbons (Fsp3) is 0.100.